The van der Waals surface area contributed by atoms with Gasteiger partial charge in [-0.15, -0.1) is 0 Å². The van der Waals surface area contributed by atoms with Crippen LogP contribution in [0.1, 0.15) is 29.6 Å². The van der Waals surface area contributed by atoms with E-state index in [0.29, 0.717) is 5.69 Å². The van der Waals surface area contributed by atoms with Crippen molar-refractivity contribution in [2.75, 3.05) is 37.4 Å². The maximum Gasteiger partial charge on any atom is 0.255 e. The van der Waals surface area contributed by atoms with Crippen LogP contribution < -0.4 is 10.2 Å². The molecule has 1 amide bonds. The monoisotopic (exact) mass is 438 g/mol. The number of fused-ring (bicyclic) bond motifs is 1. The average molecular weight is 439 g/mol. The molecule has 1 aliphatic rings. The van der Waals surface area contributed by atoms with Crippen LogP contribution in [0.25, 0.3) is 10.8 Å². The summed E-state index contributed by atoms with van der Waals surface area (Å²) in [6.07, 6.45) is 7.13. The van der Waals surface area contributed by atoms with Gasteiger partial charge in [-0.05, 0) is 55.7 Å². The zero-order valence-electron chi connectivity index (χ0n) is 17.7. The van der Waals surface area contributed by atoms with E-state index >= 15 is 0 Å². The van der Waals surface area contributed by atoms with Gasteiger partial charge in [-0.25, -0.2) is 12.7 Å². The molecule has 0 spiro atoms. The van der Waals surface area contributed by atoms with E-state index in [1.54, 1.807) is 24.5 Å². The van der Waals surface area contributed by atoms with Crippen LogP contribution in [-0.2, 0) is 10.0 Å². The van der Waals surface area contributed by atoms with Gasteiger partial charge in [0.2, 0.25) is 10.0 Å². The first-order chi connectivity index (χ1) is 14.9. The first kappa shape index (κ1) is 21.3. The lowest BCUT2D eigenvalue weighted by Crippen LogP contribution is -2.29. The highest BCUT2D eigenvalue weighted by molar-refractivity contribution is 7.89. The normalized spacial score (nSPS) is 14.7. The van der Waals surface area contributed by atoms with E-state index in [1.165, 1.54) is 45.5 Å². The second-order valence-electron chi connectivity index (χ2n) is 7.87. The van der Waals surface area contributed by atoms with Crippen molar-refractivity contribution >= 4 is 38.1 Å². The summed E-state index contributed by atoms with van der Waals surface area (Å²) in [5.74, 6) is -0.369. The Balaban J connectivity index is 1.66. The number of rotatable bonds is 5. The molecule has 4 rings (SSSR count). The van der Waals surface area contributed by atoms with Crippen molar-refractivity contribution in [1.82, 2.24) is 9.29 Å². The minimum atomic E-state index is -3.62. The summed E-state index contributed by atoms with van der Waals surface area (Å²) in [7, 11) is -0.694. The van der Waals surface area contributed by atoms with Crippen molar-refractivity contribution in [3.8, 4) is 0 Å². The van der Waals surface area contributed by atoms with E-state index in [9.17, 15) is 13.2 Å². The van der Waals surface area contributed by atoms with Gasteiger partial charge in [0, 0.05) is 61.6 Å². The first-order valence-electron chi connectivity index (χ1n) is 10.3. The van der Waals surface area contributed by atoms with Gasteiger partial charge in [0.1, 0.15) is 0 Å². The number of hydrogen-bond acceptors (Lipinski definition) is 5. The van der Waals surface area contributed by atoms with E-state index in [0.717, 1.165) is 33.9 Å². The number of anilines is 2. The van der Waals surface area contributed by atoms with E-state index in [-0.39, 0.29) is 16.4 Å². The number of sulfonamides is 1. The van der Waals surface area contributed by atoms with Crippen molar-refractivity contribution in [2.45, 2.75) is 24.2 Å². The maximum absolute atomic E-state index is 12.9. The molecule has 3 aromatic rings. The fourth-order valence-electron chi connectivity index (χ4n) is 3.90. The predicted molar refractivity (Wildman–Crippen MR) is 123 cm³/mol. The molecule has 162 valence electrons. The molecule has 0 bridgehead atoms. The van der Waals surface area contributed by atoms with Crippen LogP contribution in [0.2, 0.25) is 0 Å². The lowest BCUT2D eigenvalue weighted by atomic mass is 10.0. The van der Waals surface area contributed by atoms with Crippen molar-refractivity contribution in [1.29, 1.82) is 0 Å². The molecule has 0 aliphatic carbocycles. The molecule has 0 saturated carbocycles. The molecular weight excluding hydrogens is 412 g/mol. The first-order valence-corrected chi connectivity index (χ1v) is 11.8. The Morgan fingerprint density at radius 1 is 1.03 bits per heavy atom. The minimum Gasteiger partial charge on any atom is -0.371 e. The second-order valence-corrected chi connectivity index (χ2v) is 10.0. The fraction of sp³-hybridized carbons (Fsp3) is 0.304. The van der Waals surface area contributed by atoms with Gasteiger partial charge < -0.3 is 10.2 Å². The Morgan fingerprint density at radius 3 is 2.55 bits per heavy atom. The Labute approximate surface area is 182 Å². The molecule has 2 heterocycles. The van der Waals surface area contributed by atoms with Crippen molar-refractivity contribution in [2.24, 2.45) is 0 Å². The number of aromatic nitrogens is 1. The summed E-state index contributed by atoms with van der Waals surface area (Å²) in [5.41, 5.74) is 2.07. The topological polar surface area (TPSA) is 82.6 Å². The van der Waals surface area contributed by atoms with Crippen molar-refractivity contribution in [3.63, 3.8) is 0 Å². The van der Waals surface area contributed by atoms with Crippen LogP contribution in [-0.4, -0.2) is 50.8 Å². The number of carbonyl (C=O) groups excluding carboxylic acids is 1. The summed E-state index contributed by atoms with van der Waals surface area (Å²) in [6, 6.07) is 12.0. The minimum absolute atomic E-state index is 0.0807. The van der Waals surface area contributed by atoms with Crippen LogP contribution >= 0.6 is 0 Å². The third-order valence-electron chi connectivity index (χ3n) is 5.61. The Morgan fingerprint density at radius 2 is 1.81 bits per heavy atom. The highest BCUT2D eigenvalue weighted by Crippen LogP contribution is 2.33. The predicted octanol–water partition coefficient (Wildman–Crippen LogP) is 3.73. The van der Waals surface area contributed by atoms with Crippen LogP contribution in [0.15, 0.2) is 59.8 Å². The number of hydrogen-bond donors (Lipinski definition) is 1. The summed E-state index contributed by atoms with van der Waals surface area (Å²) >= 11 is 0. The number of carbonyl (C=O) groups is 1. The molecule has 2 aromatic carbocycles. The van der Waals surface area contributed by atoms with E-state index < -0.39 is 10.0 Å². The third kappa shape index (κ3) is 4.26. The number of nitrogens with zero attached hydrogens (tertiary/aromatic N) is 3. The molecule has 1 aliphatic heterocycles. The summed E-state index contributed by atoms with van der Waals surface area (Å²) in [4.78, 5) is 19.7. The molecule has 8 heteroatoms. The quantitative estimate of drug-likeness (QED) is 0.656. The smallest absolute Gasteiger partial charge is 0.255 e. The van der Waals surface area contributed by atoms with Crippen molar-refractivity contribution in [3.05, 3.63) is 60.4 Å². The molecule has 7 nitrogen and oxygen atoms in total. The molecule has 1 aromatic heterocycles. The van der Waals surface area contributed by atoms with Gasteiger partial charge in [-0.1, -0.05) is 6.07 Å². The maximum atomic E-state index is 12.9. The fourth-order valence-corrected chi connectivity index (χ4v) is 4.84. The molecule has 1 fully saturated rings. The highest BCUT2D eigenvalue weighted by Gasteiger charge is 2.20. The molecular formula is C23H26N4O3S. The van der Waals surface area contributed by atoms with Crippen LogP contribution in [0.4, 0.5) is 11.4 Å². The second kappa shape index (κ2) is 8.64. The highest BCUT2D eigenvalue weighted by atomic mass is 32.2. The molecule has 0 atom stereocenters. The number of benzene rings is 2. The Bertz CT molecular complexity index is 1220. The summed E-state index contributed by atoms with van der Waals surface area (Å²) in [6.45, 7) is 2.05. The SMILES string of the molecule is CN(C)S(=O)(=O)c1cccc(C(=O)Nc2ccc(N3CCCCC3)c3ccncc23)c1. The molecule has 31 heavy (non-hydrogen) atoms. The largest absolute Gasteiger partial charge is 0.371 e. The van der Waals surface area contributed by atoms with Gasteiger partial charge in [0.05, 0.1) is 10.6 Å². The van der Waals surface area contributed by atoms with Gasteiger partial charge in [-0.3, -0.25) is 9.78 Å². The van der Waals surface area contributed by atoms with Crippen LogP contribution in [0.5, 0.6) is 0 Å². The summed E-state index contributed by atoms with van der Waals surface area (Å²) in [5, 5.41) is 4.83. The van der Waals surface area contributed by atoms with E-state index in [4.69, 9.17) is 0 Å². The van der Waals surface area contributed by atoms with Crippen LogP contribution in [0, 0.1) is 0 Å². The van der Waals surface area contributed by atoms with Gasteiger partial charge in [0.15, 0.2) is 0 Å². The number of pyridine rings is 1. The third-order valence-corrected chi connectivity index (χ3v) is 7.43. The lowest BCUT2D eigenvalue weighted by Gasteiger charge is -2.30. The van der Waals surface area contributed by atoms with Gasteiger partial charge >= 0.3 is 0 Å². The number of amides is 1. The standard InChI is InChI=1S/C23H26N4O3S/c1-26(2)31(29,30)18-8-6-7-17(15-18)23(28)25-21-9-10-22(27-13-4-3-5-14-27)19-11-12-24-16-20(19)21/h6-12,15-16H,3-5,13-14H2,1-2H3,(H,25,28). The molecule has 1 saturated heterocycles. The van der Waals surface area contributed by atoms with E-state index in [2.05, 4.69) is 15.2 Å². The van der Waals surface area contributed by atoms with E-state index in [1.807, 2.05) is 18.2 Å². The van der Waals surface area contributed by atoms with Crippen LogP contribution in [0.3, 0.4) is 0 Å². The van der Waals surface area contributed by atoms with Gasteiger partial charge in [0.25, 0.3) is 5.91 Å². The number of nitrogens with one attached hydrogen (secondary N) is 1. The average Bonchev–Trinajstić information content (AvgIpc) is 2.80. The zero-order valence-corrected chi connectivity index (χ0v) is 18.5. The lowest BCUT2D eigenvalue weighted by molar-refractivity contribution is 0.102. The summed E-state index contributed by atoms with van der Waals surface area (Å²) < 4.78 is 25.9. The molecule has 1 N–H and O–H groups in total. The molecule has 0 radical (unpaired) electrons. The Hall–Kier alpha value is -2.97. The zero-order chi connectivity index (χ0) is 22.0. The molecule has 0 unspecified atom stereocenters. The Kier molecular flexibility index (Phi) is 5.93. The van der Waals surface area contributed by atoms with Crippen molar-refractivity contribution < 1.29 is 13.2 Å². The van der Waals surface area contributed by atoms with Gasteiger partial charge in [-0.2, -0.15) is 0 Å². The number of piperidine rings is 1.